The molecule has 0 saturated carbocycles. The Balaban J connectivity index is 2.45. The van der Waals surface area contributed by atoms with Crippen LogP contribution in [0.1, 0.15) is 18.2 Å². The van der Waals surface area contributed by atoms with Crippen LogP contribution in [0.2, 0.25) is 32.2 Å². The highest BCUT2D eigenvalue weighted by Gasteiger charge is 2.24. The van der Waals surface area contributed by atoms with Crippen molar-refractivity contribution in [3.05, 3.63) is 30.1 Å². The van der Waals surface area contributed by atoms with Crippen LogP contribution >= 0.6 is 0 Å². The van der Waals surface area contributed by atoms with Crippen molar-refractivity contribution in [3.63, 3.8) is 0 Å². The molecule has 96 valence electrons. The van der Waals surface area contributed by atoms with Crippen LogP contribution in [0.25, 0.3) is 0 Å². The topological polar surface area (TPSA) is 48.1 Å². The van der Waals surface area contributed by atoms with Gasteiger partial charge >= 0.3 is 0 Å². The zero-order chi connectivity index (χ0) is 12.9. The Hall–Kier alpha value is -0.496. The summed E-state index contributed by atoms with van der Waals surface area (Å²) in [6.45, 7) is 9.02. The Morgan fingerprint density at radius 1 is 1.41 bits per heavy atom. The van der Waals surface area contributed by atoms with Gasteiger partial charge in [0.25, 0.3) is 0 Å². The summed E-state index contributed by atoms with van der Waals surface area (Å²) in [4.78, 5) is 4.30. The highest BCUT2D eigenvalue weighted by atomic mass is 28.4. The number of hydrogen-bond acceptors (Lipinski definition) is 3. The molecule has 1 aromatic rings. The van der Waals surface area contributed by atoms with Gasteiger partial charge in [-0.1, -0.05) is 6.07 Å². The van der Waals surface area contributed by atoms with E-state index in [-0.39, 0.29) is 6.04 Å². The second-order valence-corrected chi connectivity index (χ2v) is 12.4. The maximum Gasteiger partial charge on any atom is 0.173 e. The van der Waals surface area contributed by atoms with E-state index in [1.807, 2.05) is 18.2 Å². The fourth-order valence-electron chi connectivity index (χ4n) is 1.94. The lowest BCUT2D eigenvalue weighted by atomic mass is 10.1. The molecular weight excluding hydrogens is 244 g/mol. The molecular formula is C12H24N2OSi2. The minimum Gasteiger partial charge on any atom is -0.458 e. The first kappa shape index (κ1) is 14.6. The van der Waals surface area contributed by atoms with Crippen molar-refractivity contribution in [2.75, 3.05) is 0 Å². The molecule has 17 heavy (non-hydrogen) atoms. The van der Waals surface area contributed by atoms with Crippen molar-refractivity contribution in [3.8, 4) is 0 Å². The molecule has 0 radical (unpaired) electrons. The number of nitrogens with two attached hydrogens (primary N) is 1. The molecule has 1 unspecified atom stereocenters. The highest BCUT2D eigenvalue weighted by Crippen LogP contribution is 2.21. The third kappa shape index (κ3) is 5.58. The fraction of sp³-hybridized carbons (Fsp3) is 0.583. The second-order valence-electron chi connectivity index (χ2n) is 5.33. The smallest absolute Gasteiger partial charge is 0.173 e. The van der Waals surface area contributed by atoms with Gasteiger partial charge in [-0.15, -0.1) is 0 Å². The van der Waals surface area contributed by atoms with E-state index in [9.17, 15) is 0 Å². The van der Waals surface area contributed by atoms with Crippen LogP contribution in [-0.4, -0.2) is 22.3 Å². The van der Waals surface area contributed by atoms with E-state index < -0.39 is 17.4 Å². The number of hydrogen-bond donors (Lipinski definition) is 1. The van der Waals surface area contributed by atoms with Gasteiger partial charge in [0.15, 0.2) is 17.4 Å². The summed E-state index contributed by atoms with van der Waals surface area (Å²) in [6.07, 6.45) is 2.77. The van der Waals surface area contributed by atoms with Crippen molar-refractivity contribution >= 4 is 17.4 Å². The van der Waals surface area contributed by atoms with Crippen LogP contribution < -0.4 is 5.73 Å². The summed E-state index contributed by atoms with van der Waals surface area (Å²) >= 11 is 0. The molecule has 0 saturated heterocycles. The highest BCUT2D eigenvalue weighted by molar-refractivity contribution is 6.77. The molecule has 0 bridgehead atoms. The van der Waals surface area contributed by atoms with Crippen molar-refractivity contribution < 1.29 is 4.12 Å². The lowest BCUT2D eigenvalue weighted by Crippen LogP contribution is -2.35. The number of aromatic nitrogens is 1. The van der Waals surface area contributed by atoms with Gasteiger partial charge in [0.05, 0.1) is 5.69 Å². The zero-order valence-corrected chi connectivity index (χ0v) is 13.5. The van der Waals surface area contributed by atoms with Crippen LogP contribution in [0.4, 0.5) is 0 Å². The molecule has 5 heteroatoms. The molecule has 0 aliphatic heterocycles. The van der Waals surface area contributed by atoms with Gasteiger partial charge < -0.3 is 9.85 Å². The summed E-state index contributed by atoms with van der Waals surface area (Å²) in [7, 11) is -2.44. The lowest BCUT2D eigenvalue weighted by Gasteiger charge is -2.26. The molecule has 1 aromatic heterocycles. The maximum absolute atomic E-state index is 6.15. The zero-order valence-electron chi connectivity index (χ0n) is 11.3. The normalized spacial score (nSPS) is 14.0. The largest absolute Gasteiger partial charge is 0.458 e. The predicted octanol–water partition coefficient (Wildman–Crippen LogP) is 2.68. The monoisotopic (exact) mass is 268 g/mol. The fourth-order valence-corrected chi connectivity index (χ4v) is 8.53. The molecule has 1 heterocycles. The Bertz CT molecular complexity index is 331. The molecule has 1 rings (SSSR count). The minimum atomic E-state index is -1.51. The standard InChI is InChI=1S/C12H24N2OSi2/c1-16(2)15-17(3,4)10-8-11(13)12-7-5-6-9-14-12/h5-7,9,11,16H,8,10,13H2,1-4H3. The van der Waals surface area contributed by atoms with Crippen LogP contribution in [0.3, 0.4) is 0 Å². The van der Waals surface area contributed by atoms with Gasteiger partial charge in [-0.25, -0.2) is 0 Å². The SMILES string of the molecule is C[SiH](C)O[Si](C)(C)CCC(N)c1ccccn1. The molecule has 0 aromatic carbocycles. The van der Waals surface area contributed by atoms with Crippen molar-refractivity contribution in [1.29, 1.82) is 0 Å². The molecule has 0 spiro atoms. The third-order valence-electron chi connectivity index (χ3n) is 2.68. The van der Waals surface area contributed by atoms with Crippen LogP contribution in [-0.2, 0) is 4.12 Å². The average Bonchev–Trinajstić information content (AvgIpc) is 2.25. The van der Waals surface area contributed by atoms with E-state index in [0.717, 1.165) is 18.2 Å². The summed E-state index contributed by atoms with van der Waals surface area (Å²) < 4.78 is 6.13. The first-order valence-corrected chi connectivity index (χ1v) is 12.1. The van der Waals surface area contributed by atoms with E-state index in [1.54, 1.807) is 6.20 Å². The van der Waals surface area contributed by atoms with Crippen LogP contribution in [0.15, 0.2) is 24.4 Å². The van der Waals surface area contributed by atoms with E-state index >= 15 is 0 Å². The Morgan fingerprint density at radius 2 is 2.12 bits per heavy atom. The van der Waals surface area contributed by atoms with E-state index in [1.165, 1.54) is 0 Å². The van der Waals surface area contributed by atoms with Gasteiger partial charge in [0.1, 0.15) is 0 Å². The van der Waals surface area contributed by atoms with Gasteiger partial charge in [-0.05, 0) is 50.8 Å². The van der Waals surface area contributed by atoms with E-state index in [0.29, 0.717) is 0 Å². The first-order chi connectivity index (χ1) is 7.91. The molecule has 0 aliphatic carbocycles. The third-order valence-corrected chi connectivity index (χ3v) is 8.61. The first-order valence-electron chi connectivity index (χ1n) is 6.25. The second kappa shape index (κ2) is 6.44. The summed E-state index contributed by atoms with van der Waals surface area (Å²) in [5.74, 6) is 0. The Kier molecular flexibility index (Phi) is 5.52. The maximum atomic E-state index is 6.15. The predicted molar refractivity (Wildman–Crippen MR) is 78.0 cm³/mol. The summed E-state index contributed by atoms with van der Waals surface area (Å²) in [5.41, 5.74) is 7.13. The van der Waals surface area contributed by atoms with Gasteiger partial charge in [-0.3, -0.25) is 4.98 Å². The molecule has 2 N–H and O–H groups in total. The molecule has 0 aliphatic rings. The molecule has 3 nitrogen and oxygen atoms in total. The number of pyridine rings is 1. The van der Waals surface area contributed by atoms with E-state index in [2.05, 4.69) is 31.2 Å². The van der Waals surface area contributed by atoms with Crippen molar-refractivity contribution in [1.82, 2.24) is 4.98 Å². The number of nitrogens with zero attached hydrogens (tertiary/aromatic N) is 1. The Morgan fingerprint density at radius 3 is 2.65 bits per heavy atom. The number of rotatable bonds is 6. The molecule has 0 amide bonds. The van der Waals surface area contributed by atoms with Crippen molar-refractivity contribution in [2.24, 2.45) is 5.73 Å². The van der Waals surface area contributed by atoms with E-state index in [4.69, 9.17) is 9.85 Å². The Labute approximate surface area is 107 Å². The van der Waals surface area contributed by atoms with Crippen LogP contribution in [0, 0.1) is 0 Å². The van der Waals surface area contributed by atoms with Gasteiger partial charge in [-0.2, -0.15) is 0 Å². The quantitative estimate of drug-likeness (QED) is 0.807. The average molecular weight is 269 g/mol. The van der Waals surface area contributed by atoms with Crippen molar-refractivity contribution in [2.45, 2.75) is 44.7 Å². The van der Waals surface area contributed by atoms with Gasteiger partial charge in [0.2, 0.25) is 0 Å². The minimum absolute atomic E-state index is 0.0420. The summed E-state index contributed by atoms with van der Waals surface area (Å²) in [5, 5.41) is 0. The molecule has 1 atom stereocenters. The molecule has 0 fully saturated rings. The summed E-state index contributed by atoms with van der Waals surface area (Å²) in [6, 6.07) is 7.05. The van der Waals surface area contributed by atoms with Crippen LogP contribution in [0.5, 0.6) is 0 Å². The van der Waals surface area contributed by atoms with Gasteiger partial charge in [0, 0.05) is 12.2 Å². The lowest BCUT2D eigenvalue weighted by molar-refractivity contribution is 0.553.